The number of hydrogen-bond donors (Lipinski definition) is 1. The van der Waals surface area contributed by atoms with E-state index >= 15 is 0 Å². The minimum atomic E-state index is -0.297. The third-order valence-electron chi connectivity index (χ3n) is 2.00. The van der Waals surface area contributed by atoms with E-state index in [1.807, 2.05) is 13.8 Å². The molecule has 1 heterocycles. The highest BCUT2D eigenvalue weighted by Gasteiger charge is 2.00. The Hall–Kier alpha value is -1.64. The Morgan fingerprint density at radius 1 is 1.20 bits per heavy atom. The van der Waals surface area contributed by atoms with E-state index < -0.39 is 0 Å². The lowest BCUT2D eigenvalue weighted by atomic mass is 10.1. The van der Waals surface area contributed by atoms with Gasteiger partial charge in [0.05, 0.1) is 5.52 Å². The fraction of sp³-hybridized carbons (Fsp3) is 0.250. The van der Waals surface area contributed by atoms with E-state index in [4.69, 9.17) is 0 Å². The van der Waals surface area contributed by atoms with Crippen LogP contribution in [0.15, 0.2) is 29.1 Å². The molecule has 15 heavy (non-hydrogen) atoms. The second kappa shape index (κ2) is 4.73. The first kappa shape index (κ1) is 11.4. The molecule has 0 unspecified atom stereocenters. The van der Waals surface area contributed by atoms with E-state index in [0.717, 1.165) is 5.39 Å². The van der Waals surface area contributed by atoms with Crippen LogP contribution in [-0.4, -0.2) is 4.98 Å². The summed E-state index contributed by atoms with van der Waals surface area (Å²) in [4.78, 5) is 13.5. The first-order chi connectivity index (χ1) is 7.16. The van der Waals surface area contributed by atoms with Crippen LogP contribution < -0.4 is 5.56 Å². The number of fused-ring (bicyclic) bond motifs is 1. The molecular weight excluding hydrogens is 193 g/mol. The van der Waals surface area contributed by atoms with Gasteiger partial charge in [0.15, 0.2) is 0 Å². The molecule has 0 radical (unpaired) electrons. The van der Waals surface area contributed by atoms with E-state index in [9.17, 15) is 9.18 Å². The highest BCUT2D eigenvalue weighted by atomic mass is 19.1. The van der Waals surface area contributed by atoms with Crippen molar-refractivity contribution in [1.82, 2.24) is 4.98 Å². The van der Waals surface area contributed by atoms with Crippen molar-refractivity contribution in [1.29, 1.82) is 0 Å². The number of nitrogens with one attached hydrogen (secondary N) is 1. The molecule has 1 aromatic carbocycles. The standard InChI is InChI=1S/C10H8FNO.C2H6/c1-6-4-7-2-3-10(13)12-9(7)5-8(6)11;1-2/h2-5H,1H3,(H,12,13);1-2H3. The van der Waals surface area contributed by atoms with Crippen molar-refractivity contribution in [2.45, 2.75) is 20.8 Å². The molecule has 3 heteroatoms. The maximum absolute atomic E-state index is 13.1. The number of rotatable bonds is 0. The Morgan fingerprint density at radius 3 is 2.53 bits per heavy atom. The number of hydrogen-bond acceptors (Lipinski definition) is 1. The first-order valence-corrected chi connectivity index (χ1v) is 4.96. The van der Waals surface area contributed by atoms with E-state index in [-0.39, 0.29) is 11.4 Å². The first-order valence-electron chi connectivity index (χ1n) is 4.96. The molecule has 0 aliphatic carbocycles. The molecule has 0 saturated carbocycles. The second-order valence-corrected chi connectivity index (χ2v) is 3.01. The van der Waals surface area contributed by atoms with Gasteiger partial charge in [-0.25, -0.2) is 4.39 Å². The fourth-order valence-electron chi connectivity index (χ4n) is 1.29. The number of aryl methyl sites for hydroxylation is 1. The summed E-state index contributed by atoms with van der Waals surface area (Å²) in [7, 11) is 0. The minimum Gasteiger partial charge on any atom is -0.322 e. The monoisotopic (exact) mass is 207 g/mol. The zero-order valence-corrected chi connectivity index (χ0v) is 9.10. The number of pyridine rings is 1. The van der Waals surface area contributed by atoms with E-state index in [2.05, 4.69) is 4.98 Å². The molecule has 2 aromatic rings. The van der Waals surface area contributed by atoms with E-state index in [1.165, 1.54) is 12.1 Å². The molecular formula is C12H14FNO. The smallest absolute Gasteiger partial charge is 0.248 e. The summed E-state index contributed by atoms with van der Waals surface area (Å²) in [5.41, 5.74) is 0.908. The summed E-state index contributed by atoms with van der Waals surface area (Å²) in [6, 6.07) is 6.16. The van der Waals surface area contributed by atoms with Crippen molar-refractivity contribution in [3.63, 3.8) is 0 Å². The molecule has 0 bridgehead atoms. The molecule has 0 aliphatic rings. The van der Waals surface area contributed by atoms with Gasteiger partial charge in [0.2, 0.25) is 5.56 Å². The van der Waals surface area contributed by atoms with Crippen LogP contribution in [0.25, 0.3) is 10.9 Å². The van der Waals surface area contributed by atoms with Gasteiger partial charge in [0.25, 0.3) is 0 Å². The van der Waals surface area contributed by atoms with Gasteiger partial charge < -0.3 is 4.98 Å². The SMILES string of the molecule is CC.Cc1cc2ccc(=O)[nH]c2cc1F. The summed E-state index contributed by atoms with van der Waals surface area (Å²) >= 11 is 0. The van der Waals surface area contributed by atoms with Crippen LogP contribution in [0.2, 0.25) is 0 Å². The Morgan fingerprint density at radius 2 is 1.87 bits per heavy atom. The third kappa shape index (κ3) is 2.43. The molecule has 0 spiro atoms. The van der Waals surface area contributed by atoms with Gasteiger partial charge in [-0.15, -0.1) is 0 Å². The second-order valence-electron chi connectivity index (χ2n) is 3.01. The average Bonchev–Trinajstić information content (AvgIpc) is 2.23. The predicted molar refractivity (Wildman–Crippen MR) is 60.6 cm³/mol. The molecule has 1 N–H and O–H groups in total. The molecule has 2 rings (SSSR count). The summed E-state index contributed by atoms with van der Waals surface area (Å²) in [6.07, 6.45) is 0. The predicted octanol–water partition coefficient (Wildman–Crippen LogP) is 3.00. The van der Waals surface area contributed by atoms with Gasteiger partial charge in [-0.2, -0.15) is 0 Å². The Balaban J connectivity index is 0.000000531. The molecule has 0 aliphatic heterocycles. The molecule has 1 aromatic heterocycles. The normalized spacial score (nSPS) is 9.60. The van der Waals surface area contributed by atoms with Gasteiger partial charge >= 0.3 is 0 Å². The Bertz CT molecular complexity index is 517. The fourth-order valence-corrected chi connectivity index (χ4v) is 1.29. The Labute approximate surface area is 87.8 Å². The molecule has 80 valence electrons. The minimum absolute atomic E-state index is 0.212. The van der Waals surface area contributed by atoms with Crippen LogP contribution in [0, 0.1) is 12.7 Å². The van der Waals surface area contributed by atoms with E-state index in [0.29, 0.717) is 11.1 Å². The average molecular weight is 207 g/mol. The zero-order valence-electron chi connectivity index (χ0n) is 9.10. The van der Waals surface area contributed by atoms with Crippen LogP contribution >= 0.6 is 0 Å². The van der Waals surface area contributed by atoms with Crippen LogP contribution in [-0.2, 0) is 0 Å². The lowest BCUT2D eigenvalue weighted by Gasteiger charge is -1.99. The highest BCUT2D eigenvalue weighted by molar-refractivity contribution is 5.78. The van der Waals surface area contributed by atoms with Crippen molar-refractivity contribution in [2.75, 3.05) is 0 Å². The lowest BCUT2D eigenvalue weighted by molar-refractivity contribution is 0.620. The van der Waals surface area contributed by atoms with Crippen LogP contribution in [0.1, 0.15) is 19.4 Å². The van der Waals surface area contributed by atoms with Gasteiger partial charge in [-0.3, -0.25) is 4.79 Å². The number of aromatic amines is 1. The quantitative estimate of drug-likeness (QED) is 0.707. The van der Waals surface area contributed by atoms with Gasteiger partial charge in [0, 0.05) is 6.07 Å². The molecule has 0 atom stereocenters. The van der Waals surface area contributed by atoms with Gasteiger partial charge in [-0.1, -0.05) is 13.8 Å². The number of halogens is 1. The van der Waals surface area contributed by atoms with E-state index in [1.54, 1.807) is 19.1 Å². The summed E-state index contributed by atoms with van der Waals surface area (Å²) in [5.74, 6) is -0.297. The van der Waals surface area contributed by atoms with Crippen molar-refractivity contribution in [3.8, 4) is 0 Å². The summed E-state index contributed by atoms with van der Waals surface area (Å²) in [5, 5.41) is 0.846. The molecule has 0 saturated heterocycles. The van der Waals surface area contributed by atoms with Crippen molar-refractivity contribution in [2.24, 2.45) is 0 Å². The molecule has 0 amide bonds. The van der Waals surface area contributed by atoms with Crippen molar-refractivity contribution >= 4 is 10.9 Å². The Kier molecular flexibility index (Phi) is 3.61. The number of aromatic nitrogens is 1. The molecule has 2 nitrogen and oxygen atoms in total. The van der Waals surface area contributed by atoms with Crippen LogP contribution in [0.4, 0.5) is 4.39 Å². The highest BCUT2D eigenvalue weighted by Crippen LogP contribution is 2.14. The lowest BCUT2D eigenvalue weighted by Crippen LogP contribution is -2.02. The van der Waals surface area contributed by atoms with Crippen molar-refractivity contribution in [3.05, 3.63) is 46.0 Å². The summed E-state index contributed by atoms with van der Waals surface area (Å²) < 4.78 is 13.1. The largest absolute Gasteiger partial charge is 0.322 e. The number of H-pyrrole nitrogens is 1. The van der Waals surface area contributed by atoms with Gasteiger partial charge in [-0.05, 0) is 36.1 Å². The maximum Gasteiger partial charge on any atom is 0.248 e. The topological polar surface area (TPSA) is 32.9 Å². The van der Waals surface area contributed by atoms with Crippen LogP contribution in [0.3, 0.4) is 0 Å². The van der Waals surface area contributed by atoms with Crippen LogP contribution in [0.5, 0.6) is 0 Å². The zero-order chi connectivity index (χ0) is 11.4. The third-order valence-corrected chi connectivity index (χ3v) is 2.00. The van der Waals surface area contributed by atoms with Gasteiger partial charge in [0.1, 0.15) is 5.82 Å². The maximum atomic E-state index is 13.1. The summed E-state index contributed by atoms with van der Waals surface area (Å²) in [6.45, 7) is 5.69. The molecule has 0 fully saturated rings. The number of benzene rings is 1. The van der Waals surface area contributed by atoms with Crippen molar-refractivity contribution < 1.29 is 4.39 Å².